The summed E-state index contributed by atoms with van der Waals surface area (Å²) >= 11 is 1.87. The number of hydrogen-bond donors (Lipinski definition) is 1. The van der Waals surface area contributed by atoms with Gasteiger partial charge in [0.2, 0.25) is 0 Å². The van der Waals surface area contributed by atoms with Gasteiger partial charge in [0.25, 0.3) is 0 Å². The topological polar surface area (TPSA) is 37.3 Å². The third kappa shape index (κ3) is 5.81. The number of aryl methyl sites for hydroxylation is 1. The summed E-state index contributed by atoms with van der Waals surface area (Å²) < 4.78 is 0. The molecule has 0 aliphatic heterocycles. The quantitative estimate of drug-likeness (QED) is 0.739. The molecule has 0 aromatic heterocycles. The van der Waals surface area contributed by atoms with Crippen molar-refractivity contribution in [2.75, 3.05) is 5.75 Å². The van der Waals surface area contributed by atoms with Crippen LogP contribution in [0.3, 0.4) is 0 Å². The molecule has 3 heteroatoms. The minimum absolute atomic E-state index is 0.297. The molecule has 0 amide bonds. The Balaban J connectivity index is 2.09. The summed E-state index contributed by atoms with van der Waals surface area (Å²) in [5.41, 5.74) is 2.65. The van der Waals surface area contributed by atoms with Gasteiger partial charge in [-0.2, -0.15) is 11.8 Å². The van der Waals surface area contributed by atoms with E-state index >= 15 is 0 Å². The van der Waals surface area contributed by atoms with Crippen molar-refractivity contribution in [3.8, 4) is 0 Å². The van der Waals surface area contributed by atoms with E-state index in [1.165, 1.54) is 11.1 Å². The second-order valence-corrected chi connectivity index (χ2v) is 5.00. The minimum Gasteiger partial charge on any atom is -0.481 e. The molecule has 0 aliphatic rings. The monoisotopic (exact) mass is 238 g/mol. The first-order chi connectivity index (χ1) is 7.68. The molecule has 0 bridgehead atoms. The molecule has 0 unspecified atom stereocenters. The number of unbranched alkanes of at least 4 members (excludes halogenated alkanes) is 1. The van der Waals surface area contributed by atoms with Crippen LogP contribution in [0.1, 0.15) is 30.4 Å². The number of hydrogen-bond acceptors (Lipinski definition) is 2. The lowest BCUT2D eigenvalue weighted by molar-refractivity contribution is -0.137. The molecule has 0 atom stereocenters. The fourth-order valence-corrected chi connectivity index (χ4v) is 2.44. The fraction of sp³-hybridized carbons (Fsp3) is 0.462. The highest BCUT2D eigenvalue weighted by molar-refractivity contribution is 7.98. The van der Waals surface area contributed by atoms with Crippen LogP contribution in [-0.4, -0.2) is 16.8 Å². The Morgan fingerprint density at radius 1 is 1.38 bits per heavy atom. The van der Waals surface area contributed by atoms with Gasteiger partial charge in [-0.3, -0.25) is 4.79 Å². The van der Waals surface area contributed by atoms with E-state index in [4.69, 9.17) is 5.11 Å². The summed E-state index contributed by atoms with van der Waals surface area (Å²) in [5.74, 6) is 1.37. The molecule has 0 saturated carbocycles. The van der Waals surface area contributed by atoms with Crippen LogP contribution in [0.15, 0.2) is 24.3 Å². The standard InChI is InChI=1S/C13H18O2S/c1-11-5-4-6-12(9-11)10-16-8-3-2-7-13(14)15/h4-6,9H,2-3,7-8,10H2,1H3,(H,14,15). The first kappa shape index (κ1) is 13.1. The van der Waals surface area contributed by atoms with Crippen molar-refractivity contribution in [2.45, 2.75) is 31.9 Å². The molecule has 88 valence electrons. The van der Waals surface area contributed by atoms with Gasteiger partial charge in [0, 0.05) is 12.2 Å². The van der Waals surface area contributed by atoms with Crippen molar-refractivity contribution in [3.05, 3.63) is 35.4 Å². The summed E-state index contributed by atoms with van der Waals surface area (Å²) in [7, 11) is 0. The van der Waals surface area contributed by atoms with Crippen molar-refractivity contribution >= 4 is 17.7 Å². The first-order valence-electron chi connectivity index (χ1n) is 5.53. The van der Waals surface area contributed by atoms with Gasteiger partial charge in [-0.25, -0.2) is 0 Å². The largest absolute Gasteiger partial charge is 0.481 e. The molecule has 0 saturated heterocycles. The van der Waals surface area contributed by atoms with Crippen LogP contribution in [0.4, 0.5) is 0 Å². The Hall–Kier alpha value is -0.960. The second-order valence-electron chi connectivity index (χ2n) is 3.89. The average molecular weight is 238 g/mol. The van der Waals surface area contributed by atoms with E-state index in [1.54, 1.807) is 0 Å². The van der Waals surface area contributed by atoms with Crippen LogP contribution >= 0.6 is 11.8 Å². The summed E-state index contributed by atoms with van der Waals surface area (Å²) in [4.78, 5) is 10.3. The van der Waals surface area contributed by atoms with Crippen LogP contribution in [0.2, 0.25) is 0 Å². The number of thioether (sulfide) groups is 1. The van der Waals surface area contributed by atoms with Gasteiger partial charge in [0.15, 0.2) is 0 Å². The number of benzene rings is 1. The first-order valence-corrected chi connectivity index (χ1v) is 6.69. The molecule has 1 N–H and O–H groups in total. The van der Waals surface area contributed by atoms with Crippen molar-refractivity contribution in [1.29, 1.82) is 0 Å². The molecule has 1 rings (SSSR count). The van der Waals surface area contributed by atoms with Gasteiger partial charge in [0.05, 0.1) is 0 Å². The van der Waals surface area contributed by atoms with Crippen molar-refractivity contribution in [1.82, 2.24) is 0 Å². The number of rotatable bonds is 7. The van der Waals surface area contributed by atoms with Crippen LogP contribution < -0.4 is 0 Å². The molecular weight excluding hydrogens is 220 g/mol. The van der Waals surface area contributed by atoms with Gasteiger partial charge < -0.3 is 5.11 Å². The lowest BCUT2D eigenvalue weighted by atomic mass is 10.2. The van der Waals surface area contributed by atoms with Crippen molar-refractivity contribution < 1.29 is 9.90 Å². The molecule has 1 aromatic rings. The highest BCUT2D eigenvalue weighted by Gasteiger charge is 1.97. The lowest BCUT2D eigenvalue weighted by Crippen LogP contribution is -1.94. The summed E-state index contributed by atoms with van der Waals surface area (Å²) in [6.07, 6.45) is 2.07. The number of carboxylic acids is 1. The Morgan fingerprint density at radius 2 is 2.19 bits per heavy atom. The third-order valence-electron chi connectivity index (χ3n) is 2.28. The number of carbonyl (C=O) groups is 1. The smallest absolute Gasteiger partial charge is 0.303 e. The van der Waals surface area contributed by atoms with Gasteiger partial charge in [-0.05, 0) is 31.1 Å². The van der Waals surface area contributed by atoms with E-state index in [-0.39, 0.29) is 0 Å². The average Bonchev–Trinajstić information content (AvgIpc) is 2.23. The zero-order valence-electron chi connectivity index (χ0n) is 9.61. The van der Waals surface area contributed by atoms with Gasteiger partial charge in [-0.15, -0.1) is 0 Å². The normalized spacial score (nSPS) is 10.3. The zero-order valence-corrected chi connectivity index (χ0v) is 10.4. The molecule has 16 heavy (non-hydrogen) atoms. The molecule has 0 fully saturated rings. The van der Waals surface area contributed by atoms with Gasteiger partial charge in [0.1, 0.15) is 0 Å². The predicted molar refractivity (Wildman–Crippen MR) is 68.8 cm³/mol. The van der Waals surface area contributed by atoms with E-state index in [9.17, 15) is 4.79 Å². The molecule has 0 heterocycles. The van der Waals surface area contributed by atoms with E-state index in [2.05, 4.69) is 31.2 Å². The van der Waals surface area contributed by atoms with Crippen LogP contribution in [-0.2, 0) is 10.5 Å². The highest BCUT2D eigenvalue weighted by Crippen LogP contribution is 2.15. The van der Waals surface area contributed by atoms with E-state index in [0.29, 0.717) is 6.42 Å². The molecular formula is C13H18O2S. The van der Waals surface area contributed by atoms with Crippen LogP contribution in [0.5, 0.6) is 0 Å². The SMILES string of the molecule is Cc1cccc(CSCCCCC(=O)O)c1. The second kappa shape index (κ2) is 7.34. The van der Waals surface area contributed by atoms with Crippen molar-refractivity contribution in [2.24, 2.45) is 0 Å². The maximum atomic E-state index is 10.3. The summed E-state index contributed by atoms with van der Waals surface area (Å²) in [6, 6.07) is 8.51. The van der Waals surface area contributed by atoms with Crippen LogP contribution in [0, 0.1) is 6.92 Å². The van der Waals surface area contributed by atoms with Gasteiger partial charge in [-0.1, -0.05) is 29.8 Å². The Bertz CT molecular complexity index is 336. The highest BCUT2D eigenvalue weighted by atomic mass is 32.2. The molecule has 0 aliphatic carbocycles. The predicted octanol–water partition coefficient (Wildman–Crippen LogP) is 3.48. The Labute approximate surface area is 101 Å². The van der Waals surface area contributed by atoms with E-state index < -0.39 is 5.97 Å². The Morgan fingerprint density at radius 3 is 2.88 bits per heavy atom. The fourth-order valence-electron chi connectivity index (χ4n) is 1.47. The molecule has 2 nitrogen and oxygen atoms in total. The third-order valence-corrected chi connectivity index (χ3v) is 3.40. The van der Waals surface area contributed by atoms with Crippen LogP contribution in [0.25, 0.3) is 0 Å². The molecule has 0 radical (unpaired) electrons. The van der Waals surface area contributed by atoms with E-state index in [1.807, 2.05) is 11.8 Å². The minimum atomic E-state index is -0.691. The maximum Gasteiger partial charge on any atom is 0.303 e. The van der Waals surface area contributed by atoms with Crippen molar-refractivity contribution in [3.63, 3.8) is 0 Å². The Kier molecular flexibility index (Phi) is 6.01. The zero-order chi connectivity index (χ0) is 11.8. The summed E-state index contributed by atoms with van der Waals surface area (Å²) in [5, 5.41) is 8.47. The maximum absolute atomic E-state index is 10.3. The lowest BCUT2D eigenvalue weighted by Gasteiger charge is -2.02. The number of aliphatic carboxylic acids is 1. The number of carboxylic acid groups (broad SMARTS) is 1. The molecule has 1 aromatic carbocycles. The summed E-state index contributed by atoms with van der Waals surface area (Å²) in [6.45, 7) is 2.10. The molecule has 0 spiro atoms. The van der Waals surface area contributed by atoms with Gasteiger partial charge >= 0.3 is 5.97 Å². The van der Waals surface area contributed by atoms with E-state index in [0.717, 1.165) is 24.3 Å².